The number of nitrogens with zero attached hydrogens (tertiary/aromatic N) is 5. The van der Waals surface area contributed by atoms with E-state index in [0.29, 0.717) is 27.7 Å². The van der Waals surface area contributed by atoms with Crippen molar-refractivity contribution in [2.24, 2.45) is 0 Å². The van der Waals surface area contributed by atoms with Gasteiger partial charge in [-0.2, -0.15) is 0 Å². The van der Waals surface area contributed by atoms with E-state index in [9.17, 15) is 14.4 Å². The van der Waals surface area contributed by atoms with Crippen molar-refractivity contribution in [1.29, 1.82) is 0 Å². The summed E-state index contributed by atoms with van der Waals surface area (Å²) in [4.78, 5) is 43.5. The zero-order chi connectivity index (χ0) is 28.5. The van der Waals surface area contributed by atoms with Gasteiger partial charge < -0.3 is 10.6 Å². The van der Waals surface area contributed by atoms with E-state index < -0.39 is 17.5 Å². The molecule has 2 aromatic heterocycles. The van der Waals surface area contributed by atoms with Crippen molar-refractivity contribution in [2.75, 3.05) is 10.6 Å². The summed E-state index contributed by atoms with van der Waals surface area (Å²) in [6, 6.07) is 20.1. The van der Waals surface area contributed by atoms with Crippen molar-refractivity contribution >= 4 is 46.4 Å². The van der Waals surface area contributed by atoms with Crippen LogP contribution in [0, 0.1) is 0 Å². The minimum Gasteiger partial charge on any atom is -0.326 e. The molecule has 5 aromatic rings. The van der Waals surface area contributed by atoms with Gasteiger partial charge in [-0.15, -0.1) is 5.10 Å². The lowest BCUT2D eigenvalue weighted by Gasteiger charge is -2.20. The van der Waals surface area contributed by atoms with Crippen molar-refractivity contribution < 1.29 is 9.59 Å². The molecular weight excluding hydrogens is 565 g/mol. The molecule has 3 heterocycles. The highest BCUT2D eigenvalue weighted by atomic mass is 35.5. The molecule has 0 saturated heterocycles. The largest absolute Gasteiger partial charge is 0.326 e. The van der Waals surface area contributed by atoms with Gasteiger partial charge in [-0.1, -0.05) is 58.7 Å². The predicted molar refractivity (Wildman–Crippen MR) is 155 cm³/mol. The third-order valence-corrected chi connectivity index (χ3v) is 7.10. The van der Waals surface area contributed by atoms with Crippen LogP contribution in [0.25, 0.3) is 16.9 Å². The maximum Gasteiger partial charge on any atom is 0.254 e. The molecule has 0 spiro atoms. The average molecular weight is 586 g/mol. The Bertz CT molecular complexity index is 1850. The van der Waals surface area contributed by atoms with Crippen molar-refractivity contribution in [1.82, 2.24) is 24.5 Å². The molecule has 1 aliphatic rings. The summed E-state index contributed by atoms with van der Waals surface area (Å²) < 4.78 is 2.77. The molecule has 204 valence electrons. The molecule has 0 aliphatic carbocycles. The molecule has 0 bridgehead atoms. The van der Waals surface area contributed by atoms with Gasteiger partial charge in [0.2, 0.25) is 11.8 Å². The van der Waals surface area contributed by atoms with Crippen LogP contribution in [0.15, 0.2) is 90.1 Å². The number of halogens is 2. The SMILES string of the molecule is O=C1Cc2cc(NC(=O)C(Cc3ccccc3)n3cnc(-c4cc(Cl)ccc4-n4cc(Cl)nn4)cc3=O)ccc2N1. The number of carbonyl (C=O) groups excluding carboxylic acids is 2. The zero-order valence-corrected chi connectivity index (χ0v) is 22.8. The molecule has 3 aromatic carbocycles. The van der Waals surface area contributed by atoms with Gasteiger partial charge in [-0.25, -0.2) is 9.67 Å². The Morgan fingerprint density at radius 2 is 1.85 bits per heavy atom. The monoisotopic (exact) mass is 585 g/mol. The van der Waals surface area contributed by atoms with Crippen LogP contribution in [0.1, 0.15) is 17.2 Å². The van der Waals surface area contributed by atoms with E-state index in [4.69, 9.17) is 23.2 Å². The Kier molecular flexibility index (Phi) is 7.08. The van der Waals surface area contributed by atoms with E-state index in [1.807, 2.05) is 30.3 Å². The Labute approximate surface area is 243 Å². The standard InChI is InChI=1S/C29H21Cl2N7O3/c30-19-6-9-24(38-15-26(31)35-36-38)21(13-19)23-14-28(40)37(16-32-23)25(10-17-4-2-1-3-5-17)29(41)33-20-7-8-22-18(11-20)12-27(39)34-22/h1-9,11,13-16,25H,10,12H2,(H,33,41)(H,34,39). The Balaban J connectivity index is 1.35. The fraction of sp³-hybridized carbons (Fsp3) is 0.103. The Morgan fingerprint density at radius 1 is 1.02 bits per heavy atom. The molecule has 2 amide bonds. The highest BCUT2D eigenvalue weighted by molar-refractivity contribution is 6.31. The normalized spacial score (nSPS) is 13.0. The first-order valence-corrected chi connectivity index (χ1v) is 13.3. The van der Waals surface area contributed by atoms with Crippen molar-refractivity contribution in [3.63, 3.8) is 0 Å². The minimum absolute atomic E-state index is 0.0991. The number of hydrogen-bond donors (Lipinski definition) is 2. The maximum atomic E-state index is 13.6. The lowest BCUT2D eigenvalue weighted by molar-refractivity contribution is -0.119. The van der Waals surface area contributed by atoms with E-state index in [1.54, 1.807) is 36.4 Å². The van der Waals surface area contributed by atoms with E-state index in [2.05, 4.69) is 25.9 Å². The van der Waals surface area contributed by atoms with Crippen LogP contribution >= 0.6 is 23.2 Å². The lowest BCUT2D eigenvalue weighted by Crippen LogP contribution is -2.34. The number of nitrogens with one attached hydrogen (secondary N) is 2. The number of hydrogen-bond acceptors (Lipinski definition) is 6. The molecule has 10 nitrogen and oxygen atoms in total. The number of rotatable bonds is 7. The topological polar surface area (TPSA) is 124 Å². The van der Waals surface area contributed by atoms with Crippen LogP contribution in [0.2, 0.25) is 10.2 Å². The molecule has 0 saturated carbocycles. The summed E-state index contributed by atoms with van der Waals surface area (Å²) in [7, 11) is 0. The van der Waals surface area contributed by atoms with Gasteiger partial charge in [0.05, 0.1) is 30.3 Å². The smallest absolute Gasteiger partial charge is 0.254 e. The van der Waals surface area contributed by atoms with Crippen LogP contribution < -0.4 is 16.2 Å². The van der Waals surface area contributed by atoms with Gasteiger partial charge in [0.25, 0.3) is 5.56 Å². The highest BCUT2D eigenvalue weighted by Crippen LogP contribution is 2.29. The van der Waals surface area contributed by atoms with Gasteiger partial charge in [-0.3, -0.25) is 19.0 Å². The minimum atomic E-state index is -0.910. The summed E-state index contributed by atoms with van der Waals surface area (Å²) in [6.45, 7) is 0. The number of carbonyl (C=O) groups is 2. The molecular formula is C29H21Cl2N7O3. The van der Waals surface area contributed by atoms with Gasteiger partial charge in [0.15, 0.2) is 5.15 Å². The Morgan fingerprint density at radius 3 is 2.61 bits per heavy atom. The molecule has 1 atom stereocenters. The first-order valence-electron chi connectivity index (χ1n) is 12.6. The predicted octanol–water partition coefficient (Wildman–Crippen LogP) is 4.71. The molecule has 0 radical (unpaired) electrons. The summed E-state index contributed by atoms with van der Waals surface area (Å²) in [5.74, 6) is -0.499. The highest BCUT2D eigenvalue weighted by Gasteiger charge is 2.25. The lowest BCUT2D eigenvalue weighted by atomic mass is 10.0. The van der Waals surface area contributed by atoms with Crippen LogP contribution in [-0.4, -0.2) is 36.4 Å². The second-order valence-corrected chi connectivity index (χ2v) is 10.3. The van der Waals surface area contributed by atoms with Gasteiger partial charge in [0.1, 0.15) is 6.04 Å². The van der Waals surface area contributed by atoms with Gasteiger partial charge in [0, 0.05) is 34.4 Å². The second kappa shape index (κ2) is 11.0. The third-order valence-electron chi connectivity index (χ3n) is 6.69. The quantitative estimate of drug-likeness (QED) is 0.285. The first-order chi connectivity index (χ1) is 19.8. The first kappa shape index (κ1) is 26.4. The average Bonchev–Trinajstić information content (AvgIpc) is 3.56. The zero-order valence-electron chi connectivity index (χ0n) is 21.3. The number of amides is 2. The number of aromatic nitrogens is 5. The molecule has 12 heteroatoms. The van der Waals surface area contributed by atoms with Crippen molar-refractivity contribution in [3.05, 3.63) is 117 Å². The van der Waals surface area contributed by atoms with E-state index in [0.717, 1.165) is 16.8 Å². The molecule has 6 rings (SSSR count). The summed E-state index contributed by atoms with van der Waals surface area (Å²) in [6.07, 6.45) is 3.37. The summed E-state index contributed by atoms with van der Waals surface area (Å²) in [5.41, 5.74) is 3.92. The van der Waals surface area contributed by atoms with Crippen molar-refractivity contribution in [3.8, 4) is 16.9 Å². The van der Waals surface area contributed by atoms with E-state index in [-0.39, 0.29) is 23.9 Å². The van der Waals surface area contributed by atoms with Crippen molar-refractivity contribution in [2.45, 2.75) is 18.9 Å². The van der Waals surface area contributed by atoms with Crippen LogP contribution in [0.4, 0.5) is 11.4 Å². The third kappa shape index (κ3) is 5.60. The van der Waals surface area contributed by atoms with Gasteiger partial charge >= 0.3 is 0 Å². The van der Waals surface area contributed by atoms with Gasteiger partial charge in [-0.05, 0) is 47.5 Å². The molecule has 0 fully saturated rings. The van der Waals surface area contributed by atoms with E-state index >= 15 is 0 Å². The molecule has 1 aliphatic heterocycles. The fourth-order valence-electron chi connectivity index (χ4n) is 4.75. The maximum absolute atomic E-state index is 13.6. The molecule has 2 N–H and O–H groups in total. The number of benzene rings is 3. The number of anilines is 2. The Hall–Kier alpha value is -4.80. The summed E-state index contributed by atoms with van der Waals surface area (Å²) in [5, 5.41) is 14.1. The van der Waals surface area contributed by atoms with Crippen LogP contribution in [-0.2, 0) is 22.4 Å². The number of fused-ring (bicyclic) bond motifs is 1. The van der Waals surface area contributed by atoms with Crippen LogP contribution in [0.5, 0.6) is 0 Å². The molecule has 1 unspecified atom stereocenters. The molecule has 41 heavy (non-hydrogen) atoms. The second-order valence-electron chi connectivity index (χ2n) is 9.46. The fourth-order valence-corrected chi connectivity index (χ4v) is 5.05. The van der Waals surface area contributed by atoms with Crippen LogP contribution in [0.3, 0.4) is 0 Å². The van der Waals surface area contributed by atoms with E-state index in [1.165, 1.54) is 27.8 Å². The summed E-state index contributed by atoms with van der Waals surface area (Å²) >= 11 is 12.2.